The number of carbonyl (C=O) groups excluding carboxylic acids is 1. The molecule has 1 aromatic heterocycles. The minimum atomic E-state index is -0.246. The molecular formula is C17H18ClN3O2. The van der Waals surface area contributed by atoms with Gasteiger partial charge in [-0.25, -0.2) is 0 Å². The molecule has 6 heteroatoms. The minimum Gasteiger partial charge on any atom is -0.311 e. The molecular weight excluding hydrogens is 314 g/mol. The smallest absolute Gasteiger partial charge is 0.270 e. The third-order valence-electron chi connectivity index (χ3n) is 4.90. The number of nitrogens with one attached hydrogen (secondary N) is 2. The Morgan fingerprint density at radius 3 is 2.70 bits per heavy atom. The SMILES string of the molecule is O=C1C[C@@H](c2cccc(Cl)c2)c2c(n(C3CCCC3)[nH]c2=O)N1. The number of H-pyrrole nitrogens is 1. The lowest BCUT2D eigenvalue weighted by molar-refractivity contribution is -0.116. The lowest BCUT2D eigenvalue weighted by Gasteiger charge is -2.25. The molecule has 2 N–H and O–H groups in total. The van der Waals surface area contributed by atoms with E-state index in [1.54, 1.807) is 6.07 Å². The largest absolute Gasteiger partial charge is 0.311 e. The molecule has 23 heavy (non-hydrogen) atoms. The Labute approximate surface area is 138 Å². The van der Waals surface area contributed by atoms with E-state index in [-0.39, 0.29) is 29.8 Å². The molecule has 1 aromatic carbocycles. The normalized spacial score (nSPS) is 21.3. The second-order valence-corrected chi connectivity index (χ2v) is 6.81. The number of carbonyl (C=O) groups is 1. The van der Waals surface area contributed by atoms with Gasteiger partial charge in [0.2, 0.25) is 5.91 Å². The predicted octanol–water partition coefficient (Wildman–Crippen LogP) is 3.42. The van der Waals surface area contributed by atoms with Crippen LogP contribution in [-0.2, 0) is 4.79 Å². The number of halogens is 1. The summed E-state index contributed by atoms with van der Waals surface area (Å²) in [6, 6.07) is 7.67. The van der Waals surface area contributed by atoms with E-state index >= 15 is 0 Å². The van der Waals surface area contributed by atoms with Gasteiger partial charge in [0, 0.05) is 17.4 Å². The summed E-state index contributed by atoms with van der Waals surface area (Å²) in [6.45, 7) is 0. The van der Waals surface area contributed by atoms with Gasteiger partial charge in [-0.1, -0.05) is 36.6 Å². The summed E-state index contributed by atoms with van der Waals surface area (Å²) in [7, 11) is 0. The van der Waals surface area contributed by atoms with Gasteiger partial charge < -0.3 is 5.32 Å². The van der Waals surface area contributed by atoms with Crippen LogP contribution in [0.15, 0.2) is 29.1 Å². The van der Waals surface area contributed by atoms with Crippen LogP contribution in [-0.4, -0.2) is 15.7 Å². The summed E-state index contributed by atoms with van der Waals surface area (Å²) in [5.74, 6) is 0.334. The van der Waals surface area contributed by atoms with Gasteiger partial charge >= 0.3 is 0 Å². The Kier molecular flexibility index (Phi) is 3.53. The summed E-state index contributed by atoms with van der Waals surface area (Å²) in [4.78, 5) is 24.8. The Balaban J connectivity index is 1.84. The molecule has 1 fully saturated rings. The zero-order valence-electron chi connectivity index (χ0n) is 12.6. The van der Waals surface area contributed by atoms with Crippen molar-refractivity contribution in [2.24, 2.45) is 0 Å². The summed E-state index contributed by atoms with van der Waals surface area (Å²) in [5, 5.41) is 6.46. The maximum atomic E-state index is 12.6. The van der Waals surface area contributed by atoms with Crippen LogP contribution in [0.2, 0.25) is 5.02 Å². The zero-order chi connectivity index (χ0) is 16.0. The molecule has 2 heterocycles. The first-order valence-electron chi connectivity index (χ1n) is 8.03. The molecule has 2 aliphatic rings. The summed E-state index contributed by atoms with van der Waals surface area (Å²) in [5.41, 5.74) is 1.44. The quantitative estimate of drug-likeness (QED) is 0.885. The number of aromatic nitrogens is 2. The number of benzene rings is 1. The average molecular weight is 332 g/mol. The Morgan fingerprint density at radius 2 is 1.96 bits per heavy atom. The minimum absolute atomic E-state index is 0.0618. The van der Waals surface area contributed by atoms with Gasteiger partial charge in [-0.05, 0) is 30.5 Å². The fraction of sp³-hybridized carbons (Fsp3) is 0.412. The van der Waals surface area contributed by atoms with E-state index in [0.29, 0.717) is 16.4 Å². The highest BCUT2D eigenvalue weighted by molar-refractivity contribution is 6.30. The van der Waals surface area contributed by atoms with Crippen molar-refractivity contribution in [2.75, 3.05) is 5.32 Å². The molecule has 5 nitrogen and oxygen atoms in total. The van der Waals surface area contributed by atoms with Crippen molar-refractivity contribution >= 4 is 23.3 Å². The monoisotopic (exact) mass is 331 g/mol. The number of nitrogens with zero attached hydrogens (tertiary/aromatic N) is 1. The highest BCUT2D eigenvalue weighted by atomic mass is 35.5. The lowest BCUT2D eigenvalue weighted by atomic mass is 9.87. The summed E-state index contributed by atoms with van der Waals surface area (Å²) < 4.78 is 1.87. The highest BCUT2D eigenvalue weighted by Crippen LogP contribution is 2.39. The summed E-state index contributed by atoms with van der Waals surface area (Å²) >= 11 is 6.08. The Morgan fingerprint density at radius 1 is 1.17 bits per heavy atom. The van der Waals surface area contributed by atoms with Gasteiger partial charge in [-0.15, -0.1) is 0 Å². The molecule has 4 rings (SSSR count). The third kappa shape index (κ3) is 2.49. The third-order valence-corrected chi connectivity index (χ3v) is 5.13. The number of amides is 1. The first kappa shape index (κ1) is 14.6. The van der Waals surface area contributed by atoms with Crippen LogP contribution in [0, 0.1) is 0 Å². The van der Waals surface area contributed by atoms with Crippen molar-refractivity contribution in [3.05, 3.63) is 50.8 Å². The first-order valence-corrected chi connectivity index (χ1v) is 8.41. The number of aromatic amines is 1. The fourth-order valence-electron chi connectivity index (χ4n) is 3.83. The van der Waals surface area contributed by atoms with Crippen LogP contribution in [0.1, 0.15) is 55.2 Å². The molecule has 1 aliphatic carbocycles. The van der Waals surface area contributed by atoms with Crippen molar-refractivity contribution in [1.29, 1.82) is 0 Å². The number of anilines is 1. The van der Waals surface area contributed by atoms with Gasteiger partial charge in [-0.2, -0.15) is 0 Å². The van der Waals surface area contributed by atoms with Gasteiger partial charge in [-0.3, -0.25) is 19.4 Å². The molecule has 1 amide bonds. The number of fused-ring (bicyclic) bond motifs is 1. The lowest BCUT2D eigenvalue weighted by Crippen LogP contribution is -2.27. The van der Waals surface area contributed by atoms with Gasteiger partial charge in [0.25, 0.3) is 5.56 Å². The summed E-state index contributed by atoms with van der Waals surface area (Å²) in [6.07, 6.45) is 4.66. The molecule has 0 unspecified atom stereocenters. The standard InChI is InChI=1S/C17H18ClN3O2/c18-11-5-3-4-10(8-11)13-9-14(22)19-16-15(13)17(23)20-21(16)12-6-1-2-7-12/h3-5,8,12-13H,1-2,6-7,9H2,(H,19,22)(H,20,23)/t13-/m0/s1. The topological polar surface area (TPSA) is 66.9 Å². The van der Waals surface area contributed by atoms with Crippen molar-refractivity contribution in [2.45, 2.75) is 44.1 Å². The van der Waals surface area contributed by atoms with Crippen molar-refractivity contribution in [3.8, 4) is 0 Å². The molecule has 0 radical (unpaired) electrons. The average Bonchev–Trinajstić information content (AvgIpc) is 3.15. The molecule has 1 atom stereocenters. The zero-order valence-corrected chi connectivity index (χ0v) is 13.4. The van der Waals surface area contributed by atoms with Crippen LogP contribution >= 0.6 is 11.6 Å². The predicted molar refractivity (Wildman–Crippen MR) is 89.1 cm³/mol. The maximum Gasteiger partial charge on any atom is 0.270 e. The van der Waals surface area contributed by atoms with Gasteiger partial charge in [0.15, 0.2) is 0 Å². The van der Waals surface area contributed by atoms with E-state index in [4.69, 9.17) is 11.6 Å². The van der Waals surface area contributed by atoms with Crippen molar-refractivity contribution < 1.29 is 4.79 Å². The number of rotatable bonds is 2. The van der Waals surface area contributed by atoms with Crippen molar-refractivity contribution in [3.63, 3.8) is 0 Å². The Hall–Kier alpha value is -2.01. The van der Waals surface area contributed by atoms with E-state index in [9.17, 15) is 9.59 Å². The molecule has 1 aliphatic heterocycles. The van der Waals surface area contributed by atoms with Crippen LogP contribution in [0.25, 0.3) is 0 Å². The van der Waals surface area contributed by atoms with Crippen LogP contribution in [0.5, 0.6) is 0 Å². The molecule has 0 saturated heterocycles. The second kappa shape index (κ2) is 5.57. The maximum absolute atomic E-state index is 12.6. The first-order chi connectivity index (χ1) is 11.1. The van der Waals surface area contributed by atoms with Crippen molar-refractivity contribution in [1.82, 2.24) is 9.78 Å². The van der Waals surface area contributed by atoms with E-state index < -0.39 is 0 Å². The van der Waals surface area contributed by atoms with E-state index in [1.165, 1.54) is 0 Å². The fourth-order valence-corrected chi connectivity index (χ4v) is 4.03. The van der Waals surface area contributed by atoms with Crippen LogP contribution < -0.4 is 10.9 Å². The molecule has 2 aromatic rings. The van der Waals surface area contributed by atoms with E-state index in [2.05, 4.69) is 10.4 Å². The number of hydrogen-bond donors (Lipinski definition) is 2. The molecule has 0 spiro atoms. The molecule has 0 bridgehead atoms. The van der Waals surface area contributed by atoms with E-state index in [0.717, 1.165) is 31.2 Å². The van der Waals surface area contributed by atoms with E-state index in [1.807, 2.05) is 22.9 Å². The van der Waals surface area contributed by atoms with Crippen LogP contribution in [0.4, 0.5) is 5.82 Å². The van der Waals surface area contributed by atoms with Crippen LogP contribution in [0.3, 0.4) is 0 Å². The van der Waals surface area contributed by atoms with Gasteiger partial charge in [0.1, 0.15) is 5.82 Å². The highest BCUT2D eigenvalue weighted by Gasteiger charge is 2.34. The molecule has 1 saturated carbocycles. The Bertz CT molecular complexity index is 817. The second-order valence-electron chi connectivity index (χ2n) is 6.37. The molecule has 120 valence electrons. The number of hydrogen-bond acceptors (Lipinski definition) is 2. The van der Waals surface area contributed by atoms with Gasteiger partial charge in [0.05, 0.1) is 11.6 Å².